The van der Waals surface area contributed by atoms with Crippen molar-refractivity contribution in [2.24, 2.45) is 0 Å². The van der Waals surface area contributed by atoms with Gasteiger partial charge in [0.2, 0.25) is 10.0 Å². The Morgan fingerprint density at radius 3 is 1.94 bits per heavy atom. The van der Waals surface area contributed by atoms with Crippen molar-refractivity contribution in [2.45, 2.75) is 13.1 Å². The van der Waals surface area contributed by atoms with Crippen molar-refractivity contribution in [1.82, 2.24) is 4.31 Å². The quantitative estimate of drug-likeness (QED) is 0.821. The second-order valence-corrected chi connectivity index (χ2v) is 7.58. The molecule has 0 bridgehead atoms. The molecule has 2 rings (SSSR count). The summed E-state index contributed by atoms with van der Waals surface area (Å²) >= 11 is 3.11. The van der Waals surface area contributed by atoms with Crippen molar-refractivity contribution in [2.75, 3.05) is 0 Å². The summed E-state index contributed by atoms with van der Waals surface area (Å²) in [5.41, 5.74) is 0. The molecule has 0 aromatic carbocycles. The molecule has 0 atom stereocenters. The third-order valence-corrected chi connectivity index (χ3v) is 5.52. The van der Waals surface area contributed by atoms with E-state index in [1.807, 2.05) is 35.0 Å². The van der Waals surface area contributed by atoms with Gasteiger partial charge < -0.3 is 0 Å². The van der Waals surface area contributed by atoms with Crippen molar-refractivity contribution in [3.63, 3.8) is 0 Å². The molecule has 0 spiro atoms. The Balaban J connectivity index is 2.20. The molecule has 0 aliphatic rings. The lowest BCUT2D eigenvalue weighted by Gasteiger charge is -2.18. The van der Waals surface area contributed by atoms with E-state index in [1.165, 1.54) is 4.31 Å². The molecular formula is C12H13NO2S3. The van der Waals surface area contributed by atoms with E-state index in [2.05, 4.69) is 6.58 Å². The molecule has 0 aliphatic carbocycles. The van der Waals surface area contributed by atoms with E-state index in [4.69, 9.17) is 0 Å². The molecule has 3 nitrogen and oxygen atoms in total. The highest BCUT2D eigenvalue weighted by Gasteiger charge is 2.20. The van der Waals surface area contributed by atoms with Crippen LogP contribution in [-0.2, 0) is 23.1 Å². The summed E-state index contributed by atoms with van der Waals surface area (Å²) in [6.45, 7) is 4.17. The van der Waals surface area contributed by atoms with Crippen molar-refractivity contribution in [3.05, 3.63) is 56.8 Å². The van der Waals surface area contributed by atoms with Gasteiger partial charge in [0.1, 0.15) is 0 Å². The molecule has 0 unspecified atom stereocenters. The maximum absolute atomic E-state index is 12.0. The summed E-state index contributed by atoms with van der Waals surface area (Å²) in [5.74, 6) is 0. The minimum atomic E-state index is -3.40. The predicted molar refractivity (Wildman–Crippen MR) is 77.0 cm³/mol. The van der Waals surface area contributed by atoms with Crippen LogP contribution >= 0.6 is 22.7 Å². The minimum absolute atomic E-state index is 0.393. The molecule has 18 heavy (non-hydrogen) atoms. The average molecular weight is 299 g/mol. The zero-order chi connectivity index (χ0) is 13.0. The first-order valence-corrected chi connectivity index (χ1v) is 8.55. The second kappa shape index (κ2) is 5.79. The molecule has 6 heteroatoms. The lowest BCUT2D eigenvalue weighted by molar-refractivity contribution is 0.413. The van der Waals surface area contributed by atoms with Crippen LogP contribution < -0.4 is 0 Å². The molecule has 0 N–H and O–H groups in total. The lowest BCUT2D eigenvalue weighted by Crippen LogP contribution is -2.27. The van der Waals surface area contributed by atoms with Crippen LogP contribution in [0, 0.1) is 0 Å². The first kappa shape index (κ1) is 13.5. The Labute approximate surface area is 115 Å². The van der Waals surface area contributed by atoms with Crippen LogP contribution in [0.25, 0.3) is 0 Å². The van der Waals surface area contributed by atoms with Gasteiger partial charge in [0.25, 0.3) is 0 Å². The Kier molecular flexibility index (Phi) is 4.34. The van der Waals surface area contributed by atoms with E-state index < -0.39 is 10.0 Å². The molecule has 0 radical (unpaired) electrons. The van der Waals surface area contributed by atoms with Gasteiger partial charge in [-0.2, -0.15) is 4.31 Å². The molecule has 2 aromatic heterocycles. The van der Waals surface area contributed by atoms with Gasteiger partial charge in [0.15, 0.2) is 0 Å². The number of hydrogen-bond donors (Lipinski definition) is 0. The Morgan fingerprint density at radius 1 is 1.11 bits per heavy atom. The zero-order valence-corrected chi connectivity index (χ0v) is 12.1. The van der Waals surface area contributed by atoms with Gasteiger partial charge in [-0.25, -0.2) is 8.42 Å². The molecular weight excluding hydrogens is 286 g/mol. The van der Waals surface area contributed by atoms with Crippen LogP contribution in [-0.4, -0.2) is 12.7 Å². The largest absolute Gasteiger partial charge is 0.236 e. The summed E-state index contributed by atoms with van der Waals surface area (Å²) in [6.07, 6.45) is 0. The number of sulfonamides is 1. The second-order valence-electron chi connectivity index (χ2n) is 3.64. The summed E-state index contributed by atoms with van der Waals surface area (Å²) in [4.78, 5) is 2.05. The van der Waals surface area contributed by atoms with Gasteiger partial charge in [-0.3, -0.25) is 0 Å². The Morgan fingerprint density at radius 2 is 1.61 bits per heavy atom. The molecule has 0 saturated heterocycles. The molecule has 2 heterocycles. The van der Waals surface area contributed by atoms with Gasteiger partial charge in [0.05, 0.1) is 0 Å². The van der Waals surface area contributed by atoms with Gasteiger partial charge in [-0.1, -0.05) is 18.7 Å². The maximum Gasteiger partial charge on any atom is 0.236 e. The lowest BCUT2D eigenvalue weighted by atomic mass is 10.4. The summed E-state index contributed by atoms with van der Waals surface area (Å²) in [5, 5.41) is 4.90. The number of thiophene rings is 2. The van der Waals surface area contributed by atoms with Gasteiger partial charge in [0, 0.05) is 28.3 Å². The van der Waals surface area contributed by atoms with Crippen LogP contribution in [0.1, 0.15) is 9.75 Å². The van der Waals surface area contributed by atoms with E-state index in [1.54, 1.807) is 22.7 Å². The third kappa shape index (κ3) is 3.29. The summed E-state index contributed by atoms with van der Waals surface area (Å²) in [6, 6.07) is 7.71. The summed E-state index contributed by atoms with van der Waals surface area (Å²) in [7, 11) is -3.40. The topological polar surface area (TPSA) is 37.4 Å². The number of nitrogens with zero attached hydrogens (tertiary/aromatic N) is 1. The fourth-order valence-electron chi connectivity index (χ4n) is 1.49. The minimum Gasteiger partial charge on any atom is -0.208 e. The van der Waals surface area contributed by atoms with Crippen LogP contribution in [0.15, 0.2) is 47.0 Å². The predicted octanol–water partition coefficient (Wildman–Crippen LogP) is 3.29. The monoisotopic (exact) mass is 299 g/mol. The SMILES string of the molecule is C=CS(=O)(=O)N(Cc1cccs1)Cc1cccs1. The zero-order valence-electron chi connectivity index (χ0n) is 9.65. The van der Waals surface area contributed by atoms with Crippen molar-refractivity contribution < 1.29 is 8.42 Å². The molecule has 2 aromatic rings. The van der Waals surface area contributed by atoms with Crippen LogP contribution in [0.4, 0.5) is 0 Å². The summed E-state index contributed by atoms with van der Waals surface area (Å²) < 4.78 is 25.4. The molecule has 96 valence electrons. The van der Waals surface area contributed by atoms with Crippen molar-refractivity contribution >= 4 is 32.7 Å². The first-order chi connectivity index (χ1) is 8.62. The maximum atomic E-state index is 12.0. The van der Waals surface area contributed by atoms with Gasteiger partial charge in [-0.05, 0) is 22.9 Å². The standard InChI is InChI=1S/C12H13NO2S3/c1-2-18(14,15)13(9-11-5-3-7-16-11)10-12-6-4-8-17-12/h2-8H,1,9-10H2. The molecule has 0 aliphatic heterocycles. The average Bonchev–Trinajstić information content (AvgIpc) is 3.01. The van der Waals surface area contributed by atoms with E-state index >= 15 is 0 Å². The van der Waals surface area contributed by atoms with Crippen LogP contribution in [0.3, 0.4) is 0 Å². The molecule has 0 fully saturated rings. The highest BCUT2D eigenvalue weighted by molar-refractivity contribution is 7.91. The van der Waals surface area contributed by atoms with E-state index in [-0.39, 0.29) is 0 Å². The molecule has 0 saturated carbocycles. The van der Waals surface area contributed by atoms with Crippen molar-refractivity contribution in [3.8, 4) is 0 Å². The van der Waals surface area contributed by atoms with Crippen molar-refractivity contribution in [1.29, 1.82) is 0 Å². The highest BCUT2D eigenvalue weighted by atomic mass is 32.2. The Bertz CT molecular complexity index is 549. The smallest absolute Gasteiger partial charge is 0.208 e. The fourth-order valence-corrected chi connectivity index (χ4v) is 3.95. The Hall–Kier alpha value is -0.950. The van der Waals surface area contributed by atoms with E-state index in [0.717, 1.165) is 15.2 Å². The fraction of sp³-hybridized carbons (Fsp3) is 0.167. The molecule has 0 amide bonds. The first-order valence-electron chi connectivity index (χ1n) is 5.29. The van der Waals surface area contributed by atoms with E-state index in [0.29, 0.717) is 13.1 Å². The van der Waals surface area contributed by atoms with Crippen LogP contribution in [0.2, 0.25) is 0 Å². The van der Waals surface area contributed by atoms with Gasteiger partial charge in [-0.15, -0.1) is 22.7 Å². The number of rotatable bonds is 6. The third-order valence-electron chi connectivity index (χ3n) is 2.40. The number of hydrogen-bond acceptors (Lipinski definition) is 4. The van der Waals surface area contributed by atoms with E-state index in [9.17, 15) is 8.42 Å². The normalized spacial score (nSPS) is 11.8. The van der Waals surface area contributed by atoms with Gasteiger partial charge >= 0.3 is 0 Å². The van der Waals surface area contributed by atoms with Crippen LogP contribution in [0.5, 0.6) is 0 Å². The highest BCUT2D eigenvalue weighted by Crippen LogP contribution is 2.20.